The maximum Gasteiger partial charge on any atom is 0.240 e. The molecule has 0 radical (unpaired) electrons. The van der Waals surface area contributed by atoms with Crippen molar-refractivity contribution in [2.45, 2.75) is 38.3 Å². The fraction of sp³-hybridized carbons (Fsp3) is 0.500. The van der Waals surface area contributed by atoms with Crippen molar-refractivity contribution in [2.24, 2.45) is 0 Å². The average Bonchev–Trinajstić information content (AvgIpc) is 2.40. The molecule has 1 unspecified atom stereocenters. The van der Waals surface area contributed by atoms with Crippen LogP contribution in [0.25, 0.3) is 0 Å². The summed E-state index contributed by atoms with van der Waals surface area (Å²) in [4.78, 5) is 12.2. The Morgan fingerprint density at radius 1 is 1.53 bits per heavy atom. The van der Waals surface area contributed by atoms with Crippen LogP contribution in [0.2, 0.25) is 0 Å². The van der Waals surface area contributed by atoms with Crippen LogP contribution in [0, 0.1) is 5.82 Å². The van der Waals surface area contributed by atoms with Crippen LogP contribution in [0.4, 0.5) is 4.39 Å². The van der Waals surface area contributed by atoms with Gasteiger partial charge in [0.25, 0.3) is 0 Å². The lowest BCUT2D eigenvalue weighted by molar-refractivity contribution is -0.128. The Balaban J connectivity index is 1.98. The van der Waals surface area contributed by atoms with Crippen LogP contribution in [0.3, 0.4) is 0 Å². The minimum absolute atomic E-state index is 0.0634. The summed E-state index contributed by atoms with van der Waals surface area (Å²) < 4.78 is 14.4. The molecular weight excluding hydrogens is 311 g/mol. The highest BCUT2D eigenvalue weighted by atomic mass is 79.9. The molecule has 0 spiro atoms. The second kappa shape index (κ2) is 6.01. The summed E-state index contributed by atoms with van der Waals surface area (Å²) in [6.07, 6.45) is 2.96. The van der Waals surface area contributed by atoms with Gasteiger partial charge < -0.3 is 10.6 Å². The van der Waals surface area contributed by atoms with E-state index in [2.05, 4.69) is 26.6 Å². The first-order chi connectivity index (χ1) is 9.01. The SMILES string of the molecule is CC1(C(=O)NCc2cc(Br)ccc2F)CCCCN1. The maximum absolute atomic E-state index is 13.6. The Morgan fingerprint density at radius 2 is 2.32 bits per heavy atom. The molecule has 1 fully saturated rings. The van der Waals surface area contributed by atoms with Crippen LogP contribution in [-0.4, -0.2) is 18.0 Å². The molecule has 2 rings (SSSR count). The second-order valence-electron chi connectivity index (χ2n) is 5.13. The van der Waals surface area contributed by atoms with Crippen LogP contribution in [0.15, 0.2) is 22.7 Å². The molecule has 1 heterocycles. The minimum atomic E-state index is -0.527. The summed E-state index contributed by atoms with van der Waals surface area (Å²) in [5.41, 5.74) is -0.0390. The Kier molecular flexibility index (Phi) is 4.58. The molecule has 0 bridgehead atoms. The van der Waals surface area contributed by atoms with Crippen molar-refractivity contribution in [1.29, 1.82) is 0 Å². The van der Waals surface area contributed by atoms with Gasteiger partial charge in [0.2, 0.25) is 5.91 Å². The van der Waals surface area contributed by atoms with Gasteiger partial charge in [0.05, 0.1) is 5.54 Å². The van der Waals surface area contributed by atoms with Crippen molar-refractivity contribution in [1.82, 2.24) is 10.6 Å². The third kappa shape index (κ3) is 3.54. The summed E-state index contributed by atoms with van der Waals surface area (Å²) in [6, 6.07) is 4.73. The highest BCUT2D eigenvalue weighted by Gasteiger charge is 2.33. The van der Waals surface area contributed by atoms with E-state index in [0.717, 1.165) is 30.3 Å². The predicted octanol–water partition coefficient (Wildman–Crippen LogP) is 2.74. The first-order valence-electron chi connectivity index (χ1n) is 6.48. The van der Waals surface area contributed by atoms with Gasteiger partial charge in [-0.2, -0.15) is 0 Å². The summed E-state index contributed by atoms with van der Waals surface area (Å²) in [7, 11) is 0. The number of carbonyl (C=O) groups excluding carboxylic acids is 1. The third-order valence-electron chi connectivity index (χ3n) is 3.57. The van der Waals surface area contributed by atoms with Crippen molar-refractivity contribution in [3.05, 3.63) is 34.1 Å². The Bertz CT molecular complexity index is 473. The number of amides is 1. The lowest BCUT2D eigenvalue weighted by atomic mass is 9.90. The van der Waals surface area contributed by atoms with E-state index in [0.29, 0.717) is 5.56 Å². The van der Waals surface area contributed by atoms with Crippen molar-refractivity contribution in [3.63, 3.8) is 0 Å². The number of piperidine rings is 1. The zero-order valence-corrected chi connectivity index (χ0v) is 12.5. The predicted molar refractivity (Wildman–Crippen MR) is 76.2 cm³/mol. The van der Waals surface area contributed by atoms with Gasteiger partial charge in [-0.1, -0.05) is 15.9 Å². The average molecular weight is 329 g/mol. The van der Waals surface area contributed by atoms with E-state index < -0.39 is 5.54 Å². The summed E-state index contributed by atoms with van der Waals surface area (Å²) in [5, 5.41) is 6.06. The Labute approximate surface area is 121 Å². The van der Waals surface area contributed by atoms with Crippen LogP contribution in [0.1, 0.15) is 31.7 Å². The normalized spacial score (nSPS) is 23.1. The van der Waals surface area contributed by atoms with Crippen molar-refractivity contribution in [3.8, 4) is 0 Å². The number of carbonyl (C=O) groups is 1. The summed E-state index contributed by atoms with van der Waals surface area (Å²) in [5.74, 6) is -0.364. The van der Waals surface area contributed by atoms with E-state index in [-0.39, 0.29) is 18.3 Å². The highest BCUT2D eigenvalue weighted by Crippen LogP contribution is 2.20. The van der Waals surface area contributed by atoms with Gasteiger partial charge in [0.15, 0.2) is 0 Å². The molecule has 104 valence electrons. The molecule has 0 aromatic heterocycles. The lowest BCUT2D eigenvalue weighted by Crippen LogP contribution is -2.56. The molecule has 0 aliphatic carbocycles. The monoisotopic (exact) mass is 328 g/mol. The van der Waals surface area contributed by atoms with Gasteiger partial charge in [0, 0.05) is 16.6 Å². The number of hydrogen-bond acceptors (Lipinski definition) is 2. The zero-order chi connectivity index (χ0) is 13.9. The number of hydrogen-bond donors (Lipinski definition) is 2. The molecule has 3 nitrogen and oxygen atoms in total. The van der Waals surface area contributed by atoms with E-state index in [1.54, 1.807) is 12.1 Å². The molecule has 1 aromatic rings. The number of halogens is 2. The van der Waals surface area contributed by atoms with Crippen molar-refractivity contribution < 1.29 is 9.18 Å². The maximum atomic E-state index is 13.6. The Morgan fingerprint density at radius 3 is 3.00 bits per heavy atom. The zero-order valence-electron chi connectivity index (χ0n) is 10.9. The van der Waals surface area contributed by atoms with E-state index in [9.17, 15) is 9.18 Å². The van der Waals surface area contributed by atoms with Crippen LogP contribution in [0.5, 0.6) is 0 Å². The molecule has 1 saturated heterocycles. The first-order valence-corrected chi connectivity index (χ1v) is 7.28. The van der Waals surface area contributed by atoms with Crippen molar-refractivity contribution in [2.75, 3.05) is 6.54 Å². The van der Waals surface area contributed by atoms with Crippen LogP contribution < -0.4 is 10.6 Å². The molecule has 5 heteroatoms. The first kappa shape index (κ1) is 14.5. The smallest absolute Gasteiger partial charge is 0.240 e. The third-order valence-corrected chi connectivity index (χ3v) is 4.06. The van der Waals surface area contributed by atoms with E-state index in [4.69, 9.17) is 0 Å². The quantitative estimate of drug-likeness (QED) is 0.895. The molecule has 1 aliphatic heterocycles. The van der Waals surface area contributed by atoms with Crippen LogP contribution >= 0.6 is 15.9 Å². The molecule has 1 aromatic carbocycles. The number of nitrogens with one attached hydrogen (secondary N) is 2. The van der Waals surface area contributed by atoms with Crippen molar-refractivity contribution >= 4 is 21.8 Å². The molecule has 19 heavy (non-hydrogen) atoms. The molecule has 1 amide bonds. The van der Waals surface area contributed by atoms with Gasteiger partial charge in [-0.15, -0.1) is 0 Å². The molecular formula is C14H18BrFN2O. The largest absolute Gasteiger partial charge is 0.350 e. The summed E-state index contributed by atoms with van der Waals surface area (Å²) >= 11 is 3.30. The van der Waals surface area contributed by atoms with E-state index in [1.807, 2.05) is 6.92 Å². The fourth-order valence-corrected chi connectivity index (χ4v) is 2.71. The lowest BCUT2D eigenvalue weighted by Gasteiger charge is -2.33. The molecule has 0 saturated carbocycles. The van der Waals surface area contributed by atoms with Gasteiger partial charge in [-0.25, -0.2) is 4.39 Å². The topological polar surface area (TPSA) is 41.1 Å². The highest BCUT2D eigenvalue weighted by molar-refractivity contribution is 9.10. The van der Waals surface area contributed by atoms with Gasteiger partial charge >= 0.3 is 0 Å². The van der Waals surface area contributed by atoms with Gasteiger partial charge in [0.1, 0.15) is 5.82 Å². The van der Waals surface area contributed by atoms with Gasteiger partial charge in [-0.05, 0) is 50.9 Å². The summed E-state index contributed by atoms with van der Waals surface area (Å²) in [6.45, 7) is 2.97. The second-order valence-corrected chi connectivity index (χ2v) is 6.05. The van der Waals surface area contributed by atoms with Crippen LogP contribution in [-0.2, 0) is 11.3 Å². The van der Waals surface area contributed by atoms with E-state index >= 15 is 0 Å². The number of benzene rings is 1. The van der Waals surface area contributed by atoms with Gasteiger partial charge in [-0.3, -0.25) is 4.79 Å². The molecule has 1 atom stereocenters. The van der Waals surface area contributed by atoms with E-state index in [1.165, 1.54) is 6.07 Å². The fourth-order valence-electron chi connectivity index (χ4n) is 2.30. The Hall–Kier alpha value is -0.940. The number of rotatable bonds is 3. The molecule has 2 N–H and O–H groups in total. The molecule has 1 aliphatic rings. The standard InChI is InChI=1S/C14H18BrFN2O/c1-14(6-2-3-7-18-14)13(19)17-9-10-8-11(15)4-5-12(10)16/h4-5,8,18H,2-3,6-7,9H2,1H3,(H,17,19). The minimum Gasteiger partial charge on any atom is -0.350 e.